The molecule has 2 aliphatic rings. The van der Waals surface area contributed by atoms with Crippen LogP contribution in [0, 0.1) is 6.92 Å². The van der Waals surface area contributed by atoms with Crippen molar-refractivity contribution in [3.8, 4) is 0 Å². The van der Waals surface area contributed by atoms with Crippen LogP contribution in [-0.4, -0.2) is 47.3 Å². The lowest BCUT2D eigenvalue weighted by molar-refractivity contribution is -0.0824. The van der Waals surface area contributed by atoms with E-state index in [0.717, 1.165) is 24.8 Å². The zero-order valence-electron chi connectivity index (χ0n) is 13.0. The summed E-state index contributed by atoms with van der Waals surface area (Å²) in [7, 11) is 1.71. The van der Waals surface area contributed by atoms with E-state index in [9.17, 15) is 9.90 Å². The van der Waals surface area contributed by atoms with Crippen molar-refractivity contribution in [3.05, 3.63) is 34.3 Å². The van der Waals surface area contributed by atoms with Gasteiger partial charge in [0, 0.05) is 24.2 Å². The van der Waals surface area contributed by atoms with E-state index in [-0.39, 0.29) is 23.7 Å². The zero-order valence-corrected chi connectivity index (χ0v) is 13.8. The van der Waals surface area contributed by atoms with Crippen LogP contribution in [0.3, 0.4) is 0 Å². The van der Waals surface area contributed by atoms with E-state index in [1.54, 1.807) is 13.2 Å². The van der Waals surface area contributed by atoms with E-state index in [4.69, 9.17) is 16.3 Å². The smallest absolute Gasteiger partial charge is 0.254 e. The Morgan fingerprint density at radius 2 is 2.18 bits per heavy atom. The first kappa shape index (κ1) is 15.8. The monoisotopic (exact) mass is 323 g/mol. The number of halogens is 1. The number of aliphatic hydroxyl groups is 1. The molecule has 0 spiro atoms. The number of carbonyl (C=O) groups excluding carboxylic acids is 1. The molecule has 22 heavy (non-hydrogen) atoms. The zero-order chi connectivity index (χ0) is 15.9. The minimum absolute atomic E-state index is 0.0244. The molecular formula is C17H22ClNO3. The number of hydrogen-bond donors (Lipinski definition) is 1. The van der Waals surface area contributed by atoms with Crippen LogP contribution in [-0.2, 0) is 4.74 Å². The molecule has 0 unspecified atom stereocenters. The standard InChI is InChI=1S/C17H22ClNO3/c1-11-7-12(9-13(18)8-11)16(21)19-6-5-17(22-2)4-3-14(20)10-15(17)19/h7-9,14-15,20H,3-6,10H2,1-2H3/t14-,15+,17-/m1/s1. The highest BCUT2D eigenvalue weighted by Gasteiger charge is 2.52. The summed E-state index contributed by atoms with van der Waals surface area (Å²) >= 11 is 6.08. The van der Waals surface area contributed by atoms with Gasteiger partial charge in [0.1, 0.15) is 0 Å². The Kier molecular flexibility index (Phi) is 4.19. The topological polar surface area (TPSA) is 49.8 Å². The van der Waals surface area contributed by atoms with E-state index < -0.39 is 0 Å². The molecule has 3 atom stereocenters. The molecule has 1 heterocycles. The number of hydrogen-bond acceptors (Lipinski definition) is 3. The van der Waals surface area contributed by atoms with Crippen LogP contribution in [0.4, 0.5) is 0 Å². The number of nitrogens with zero attached hydrogens (tertiary/aromatic N) is 1. The first-order valence-corrected chi connectivity index (χ1v) is 8.14. The Bertz CT molecular complexity index is 571. The number of amides is 1. The number of likely N-dealkylation sites (tertiary alicyclic amines) is 1. The summed E-state index contributed by atoms with van der Waals surface area (Å²) in [6, 6.07) is 5.35. The van der Waals surface area contributed by atoms with Gasteiger partial charge >= 0.3 is 0 Å². The summed E-state index contributed by atoms with van der Waals surface area (Å²) in [5.74, 6) is -0.0244. The number of rotatable bonds is 2. The number of aryl methyl sites for hydroxylation is 1. The molecule has 1 saturated heterocycles. The van der Waals surface area contributed by atoms with Crippen LogP contribution in [0.1, 0.15) is 41.6 Å². The molecule has 0 bridgehead atoms. The van der Waals surface area contributed by atoms with Gasteiger partial charge in [0.25, 0.3) is 5.91 Å². The van der Waals surface area contributed by atoms with Crippen LogP contribution < -0.4 is 0 Å². The number of carbonyl (C=O) groups is 1. The number of aliphatic hydroxyl groups excluding tert-OH is 1. The Labute approximate surface area is 136 Å². The van der Waals surface area contributed by atoms with E-state index >= 15 is 0 Å². The van der Waals surface area contributed by atoms with E-state index in [2.05, 4.69) is 0 Å². The molecule has 1 aliphatic heterocycles. The van der Waals surface area contributed by atoms with Crippen molar-refractivity contribution in [2.24, 2.45) is 0 Å². The first-order chi connectivity index (χ1) is 10.4. The molecule has 5 heteroatoms. The molecule has 2 fully saturated rings. The fraction of sp³-hybridized carbons (Fsp3) is 0.588. The van der Waals surface area contributed by atoms with Crippen molar-refractivity contribution in [1.29, 1.82) is 0 Å². The van der Waals surface area contributed by atoms with Crippen molar-refractivity contribution in [2.45, 2.75) is 50.4 Å². The lowest BCUT2D eigenvalue weighted by Gasteiger charge is -2.42. The van der Waals surface area contributed by atoms with Crippen LogP contribution in [0.5, 0.6) is 0 Å². The van der Waals surface area contributed by atoms with Crippen molar-refractivity contribution in [2.75, 3.05) is 13.7 Å². The van der Waals surface area contributed by atoms with Gasteiger partial charge in [-0.05, 0) is 56.4 Å². The normalized spacial score (nSPS) is 31.2. The molecule has 1 saturated carbocycles. The molecule has 0 radical (unpaired) electrons. The average molecular weight is 324 g/mol. The number of fused-ring (bicyclic) bond motifs is 1. The molecule has 1 aromatic rings. The number of ether oxygens (including phenoxy) is 1. The molecule has 1 aromatic carbocycles. The molecule has 120 valence electrons. The summed E-state index contributed by atoms with van der Waals surface area (Å²) in [6.07, 6.45) is 2.59. The lowest BCUT2D eigenvalue weighted by Crippen LogP contribution is -2.52. The third-order valence-electron chi connectivity index (χ3n) is 5.11. The van der Waals surface area contributed by atoms with Crippen LogP contribution in [0.25, 0.3) is 0 Å². The van der Waals surface area contributed by atoms with Crippen molar-refractivity contribution in [3.63, 3.8) is 0 Å². The predicted octanol–water partition coefficient (Wildman–Crippen LogP) is 2.79. The number of benzene rings is 1. The molecular weight excluding hydrogens is 302 g/mol. The van der Waals surface area contributed by atoms with E-state index in [1.807, 2.05) is 24.0 Å². The SMILES string of the molecule is CO[C@@]12CC[C@@H](O)C[C@@H]1N(C(=O)c1cc(C)cc(Cl)c1)CC2. The molecule has 1 amide bonds. The minimum atomic E-state index is -0.359. The molecule has 1 aliphatic carbocycles. The van der Waals surface area contributed by atoms with E-state index in [1.165, 1.54) is 0 Å². The lowest BCUT2D eigenvalue weighted by atomic mass is 9.79. The predicted molar refractivity (Wildman–Crippen MR) is 85.2 cm³/mol. The van der Waals surface area contributed by atoms with Gasteiger partial charge in [0.15, 0.2) is 0 Å². The Hall–Kier alpha value is -1.10. The van der Waals surface area contributed by atoms with Gasteiger partial charge in [-0.2, -0.15) is 0 Å². The van der Waals surface area contributed by atoms with Gasteiger partial charge in [0.05, 0.1) is 17.7 Å². The minimum Gasteiger partial charge on any atom is -0.393 e. The highest BCUT2D eigenvalue weighted by molar-refractivity contribution is 6.31. The summed E-state index contributed by atoms with van der Waals surface area (Å²) in [5.41, 5.74) is 1.27. The van der Waals surface area contributed by atoms with Gasteiger partial charge in [0.2, 0.25) is 0 Å². The maximum Gasteiger partial charge on any atom is 0.254 e. The first-order valence-electron chi connectivity index (χ1n) is 7.76. The summed E-state index contributed by atoms with van der Waals surface area (Å²) < 4.78 is 5.78. The van der Waals surface area contributed by atoms with Crippen LogP contribution >= 0.6 is 11.6 Å². The second-order valence-electron chi connectivity index (χ2n) is 6.48. The Morgan fingerprint density at radius 1 is 1.41 bits per heavy atom. The van der Waals surface area contributed by atoms with Crippen molar-refractivity contribution in [1.82, 2.24) is 4.90 Å². The molecule has 1 N–H and O–H groups in total. The third kappa shape index (κ3) is 2.64. The Morgan fingerprint density at radius 3 is 2.86 bits per heavy atom. The Balaban J connectivity index is 1.89. The average Bonchev–Trinajstić information content (AvgIpc) is 2.85. The summed E-state index contributed by atoms with van der Waals surface area (Å²) in [4.78, 5) is 14.8. The van der Waals surface area contributed by atoms with Crippen LogP contribution in [0.2, 0.25) is 5.02 Å². The highest BCUT2D eigenvalue weighted by Crippen LogP contribution is 2.43. The molecule has 3 rings (SSSR count). The van der Waals surface area contributed by atoms with Crippen molar-refractivity contribution < 1.29 is 14.6 Å². The number of methoxy groups -OCH3 is 1. The second-order valence-corrected chi connectivity index (χ2v) is 6.92. The molecule has 0 aromatic heterocycles. The van der Waals surface area contributed by atoms with Crippen LogP contribution in [0.15, 0.2) is 18.2 Å². The van der Waals surface area contributed by atoms with Crippen molar-refractivity contribution >= 4 is 17.5 Å². The maximum absolute atomic E-state index is 12.9. The highest BCUT2D eigenvalue weighted by atomic mass is 35.5. The summed E-state index contributed by atoms with van der Waals surface area (Å²) in [6.45, 7) is 2.59. The largest absolute Gasteiger partial charge is 0.393 e. The van der Waals surface area contributed by atoms with Gasteiger partial charge in [-0.15, -0.1) is 0 Å². The van der Waals surface area contributed by atoms with Gasteiger partial charge < -0.3 is 14.7 Å². The fourth-order valence-electron chi connectivity index (χ4n) is 3.95. The quantitative estimate of drug-likeness (QED) is 0.910. The molecule has 4 nitrogen and oxygen atoms in total. The third-order valence-corrected chi connectivity index (χ3v) is 5.33. The van der Waals surface area contributed by atoms with E-state index in [0.29, 0.717) is 23.6 Å². The van der Waals surface area contributed by atoms with Gasteiger partial charge in [-0.25, -0.2) is 0 Å². The summed E-state index contributed by atoms with van der Waals surface area (Å²) in [5, 5.41) is 10.6. The van der Waals surface area contributed by atoms with Gasteiger partial charge in [-0.1, -0.05) is 11.6 Å². The second kappa shape index (κ2) is 5.84. The maximum atomic E-state index is 12.9. The van der Waals surface area contributed by atoms with Gasteiger partial charge in [-0.3, -0.25) is 4.79 Å². The fourth-order valence-corrected chi connectivity index (χ4v) is 4.23.